The fourth-order valence-electron chi connectivity index (χ4n) is 2.80. The predicted octanol–water partition coefficient (Wildman–Crippen LogP) is 5.29. The van der Waals surface area contributed by atoms with Crippen molar-refractivity contribution in [3.8, 4) is 5.75 Å². The molecule has 2 aromatic rings. The van der Waals surface area contributed by atoms with Crippen LogP contribution in [0, 0.1) is 12.7 Å². The van der Waals surface area contributed by atoms with Gasteiger partial charge >= 0.3 is 0 Å². The van der Waals surface area contributed by atoms with Crippen molar-refractivity contribution in [3.05, 3.63) is 64.5 Å². The summed E-state index contributed by atoms with van der Waals surface area (Å²) in [7, 11) is 0. The number of aryl methyl sites for hydroxylation is 1. The second-order valence-corrected chi connectivity index (χ2v) is 7.21. The van der Waals surface area contributed by atoms with Crippen molar-refractivity contribution in [3.63, 3.8) is 0 Å². The molecule has 0 saturated carbocycles. The average molecular weight is 349 g/mol. The number of benzene rings is 2. The molecule has 0 N–H and O–H groups in total. The molecule has 0 spiro atoms. The highest BCUT2D eigenvalue weighted by Crippen LogP contribution is 2.42. The molecule has 21 heavy (non-hydrogen) atoms. The van der Waals surface area contributed by atoms with Crippen LogP contribution in [0.25, 0.3) is 0 Å². The van der Waals surface area contributed by atoms with E-state index in [0.29, 0.717) is 6.61 Å². The van der Waals surface area contributed by atoms with E-state index in [2.05, 4.69) is 41.9 Å². The number of alkyl halides is 1. The van der Waals surface area contributed by atoms with Gasteiger partial charge in [-0.05, 0) is 47.9 Å². The van der Waals surface area contributed by atoms with Gasteiger partial charge in [0.2, 0.25) is 0 Å². The van der Waals surface area contributed by atoms with E-state index < -0.39 is 0 Å². The quantitative estimate of drug-likeness (QED) is 0.670. The largest absolute Gasteiger partial charge is 0.492 e. The highest BCUT2D eigenvalue weighted by atomic mass is 79.9. The third-order valence-electron chi connectivity index (χ3n) is 4.12. The Balaban J connectivity index is 2.01. The predicted molar refractivity (Wildman–Crippen MR) is 86.9 cm³/mol. The van der Waals surface area contributed by atoms with Crippen molar-refractivity contribution in [2.75, 3.05) is 6.61 Å². The lowest BCUT2D eigenvalue weighted by molar-refractivity contribution is 0.291. The molecule has 1 atom stereocenters. The zero-order valence-corrected chi connectivity index (χ0v) is 14.0. The van der Waals surface area contributed by atoms with Crippen molar-refractivity contribution in [2.45, 2.75) is 31.0 Å². The van der Waals surface area contributed by atoms with Crippen molar-refractivity contribution < 1.29 is 9.13 Å². The molecule has 2 aromatic carbocycles. The number of halogens is 2. The Kier molecular flexibility index (Phi) is 3.56. The molecule has 0 fully saturated rings. The van der Waals surface area contributed by atoms with Crippen molar-refractivity contribution in [1.29, 1.82) is 0 Å². The van der Waals surface area contributed by atoms with Crippen LogP contribution in [0.1, 0.15) is 40.9 Å². The van der Waals surface area contributed by atoms with Gasteiger partial charge in [-0.15, -0.1) is 0 Å². The molecule has 3 heteroatoms. The first-order valence-electron chi connectivity index (χ1n) is 7.06. The van der Waals surface area contributed by atoms with Crippen LogP contribution in [-0.4, -0.2) is 6.61 Å². The molecule has 0 amide bonds. The van der Waals surface area contributed by atoms with E-state index in [1.165, 1.54) is 17.2 Å². The lowest BCUT2D eigenvalue weighted by atomic mass is 9.85. The van der Waals surface area contributed by atoms with Crippen molar-refractivity contribution >= 4 is 15.9 Å². The molecule has 1 aliphatic rings. The zero-order chi connectivity index (χ0) is 15.2. The molecule has 1 heterocycles. The second kappa shape index (κ2) is 5.13. The zero-order valence-electron chi connectivity index (χ0n) is 12.4. The van der Waals surface area contributed by atoms with Crippen LogP contribution in [0.5, 0.6) is 5.75 Å². The highest BCUT2D eigenvalue weighted by Gasteiger charge is 2.32. The standard InChI is InChI=1S/C18H18BrFO/c1-11-8-13(20)5-6-14(11)17(19)12-4-7-16-15(9-12)18(2,3)10-21-16/h4-9,17H,10H2,1-3H3. The minimum atomic E-state index is -0.195. The van der Waals surface area contributed by atoms with Gasteiger partial charge in [-0.3, -0.25) is 0 Å². The molecule has 3 rings (SSSR count). The van der Waals surface area contributed by atoms with Crippen LogP contribution in [-0.2, 0) is 5.41 Å². The van der Waals surface area contributed by atoms with Gasteiger partial charge < -0.3 is 4.74 Å². The molecule has 1 aliphatic heterocycles. The smallest absolute Gasteiger partial charge is 0.123 e. The number of fused-ring (bicyclic) bond motifs is 1. The minimum absolute atomic E-state index is 0.0376. The molecule has 0 bridgehead atoms. The van der Waals surface area contributed by atoms with Crippen molar-refractivity contribution in [2.24, 2.45) is 0 Å². The maximum Gasteiger partial charge on any atom is 0.123 e. The fourth-order valence-corrected chi connectivity index (χ4v) is 3.60. The summed E-state index contributed by atoms with van der Waals surface area (Å²) in [5.41, 5.74) is 4.49. The average Bonchev–Trinajstić information content (AvgIpc) is 2.74. The van der Waals surface area contributed by atoms with E-state index in [0.717, 1.165) is 16.9 Å². The van der Waals surface area contributed by atoms with Gasteiger partial charge in [0.15, 0.2) is 0 Å². The Morgan fingerprint density at radius 2 is 1.95 bits per heavy atom. The van der Waals surface area contributed by atoms with Crippen molar-refractivity contribution in [1.82, 2.24) is 0 Å². The van der Waals surface area contributed by atoms with Gasteiger partial charge in [-0.25, -0.2) is 4.39 Å². The van der Waals surface area contributed by atoms with Crippen LogP contribution in [0.4, 0.5) is 4.39 Å². The lowest BCUT2D eigenvalue weighted by Gasteiger charge is -2.18. The van der Waals surface area contributed by atoms with Crippen LogP contribution >= 0.6 is 15.9 Å². The number of rotatable bonds is 2. The first-order valence-corrected chi connectivity index (χ1v) is 7.97. The minimum Gasteiger partial charge on any atom is -0.492 e. The topological polar surface area (TPSA) is 9.23 Å². The van der Waals surface area contributed by atoms with Gasteiger partial charge in [-0.2, -0.15) is 0 Å². The summed E-state index contributed by atoms with van der Waals surface area (Å²) in [5, 5.41) is 0. The van der Waals surface area contributed by atoms with E-state index >= 15 is 0 Å². The van der Waals surface area contributed by atoms with E-state index in [9.17, 15) is 4.39 Å². The molecular weight excluding hydrogens is 331 g/mol. The highest BCUT2D eigenvalue weighted by molar-refractivity contribution is 9.09. The maximum atomic E-state index is 13.3. The molecule has 1 unspecified atom stereocenters. The molecule has 0 saturated heterocycles. The van der Waals surface area contributed by atoms with Crippen LogP contribution < -0.4 is 4.74 Å². The summed E-state index contributed by atoms with van der Waals surface area (Å²) < 4.78 is 19.0. The van der Waals surface area contributed by atoms with E-state index in [1.807, 2.05) is 19.1 Å². The van der Waals surface area contributed by atoms with Gasteiger partial charge in [-0.1, -0.05) is 41.9 Å². The van der Waals surface area contributed by atoms with Crippen LogP contribution in [0.2, 0.25) is 0 Å². The molecule has 0 aromatic heterocycles. The number of hydrogen-bond acceptors (Lipinski definition) is 1. The third kappa shape index (κ3) is 2.59. The summed E-state index contributed by atoms with van der Waals surface area (Å²) in [5.74, 6) is 0.777. The fraction of sp³-hybridized carbons (Fsp3) is 0.333. The van der Waals surface area contributed by atoms with Gasteiger partial charge in [0.25, 0.3) is 0 Å². The summed E-state index contributed by atoms with van der Waals surface area (Å²) in [6.45, 7) is 7.03. The first kappa shape index (κ1) is 14.6. The molecule has 110 valence electrons. The van der Waals surface area contributed by atoms with Gasteiger partial charge in [0.1, 0.15) is 11.6 Å². The summed E-state index contributed by atoms with van der Waals surface area (Å²) in [6, 6.07) is 11.2. The summed E-state index contributed by atoms with van der Waals surface area (Å²) in [4.78, 5) is 0.0554. The van der Waals surface area contributed by atoms with Gasteiger partial charge in [0, 0.05) is 11.0 Å². The Morgan fingerprint density at radius 1 is 1.19 bits per heavy atom. The summed E-state index contributed by atoms with van der Waals surface area (Å²) in [6.07, 6.45) is 0. The summed E-state index contributed by atoms with van der Waals surface area (Å²) >= 11 is 3.75. The Hall–Kier alpha value is -1.35. The normalized spacial score (nSPS) is 17.2. The maximum absolute atomic E-state index is 13.3. The molecule has 0 radical (unpaired) electrons. The molecule has 0 aliphatic carbocycles. The van der Waals surface area contributed by atoms with Gasteiger partial charge in [0.05, 0.1) is 11.4 Å². The SMILES string of the molecule is Cc1cc(F)ccc1C(Br)c1ccc2c(c1)C(C)(C)CO2. The Morgan fingerprint density at radius 3 is 2.67 bits per heavy atom. The molecular formula is C18H18BrFO. The third-order valence-corrected chi connectivity index (χ3v) is 5.14. The first-order chi connectivity index (χ1) is 9.88. The van der Waals surface area contributed by atoms with E-state index in [4.69, 9.17) is 4.74 Å². The molecule has 1 nitrogen and oxygen atoms in total. The lowest BCUT2D eigenvalue weighted by Crippen LogP contribution is -2.18. The number of hydrogen-bond donors (Lipinski definition) is 0. The Bertz CT molecular complexity index is 694. The monoisotopic (exact) mass is 348 g/mol. The van der Waals surface area contributed by atoms with Crippen LogP contribution in [0.3, 0.4) is 0 Å². The van der Waals surface area contributed by atoms with E-state index in [-0.39, 0.29) is 16.1 Å². The van der Waals surface area contributed by atoms with Crippen LogP contribution in [0.15, 0.2) is 36.4 Å². The van der Waals surface area contributed by atoms with E-state index in [1.54, 1.807) is 6.07 Å². The Labute approximate surface area is 133 Å². The second-order valence-electron chi connectivity index (χ2n) is 6.29. The number of ether oxygens (including phenoxy) is 1.